The van der Waals surface area contributed by atoms with Crippen LogP contribution in [0.4, 0.5) is 14.6 Å². The summed E-state index contributed by atoms with van der Waals surface area (Å²) in [5.41, 5.74) is 0.754. The molecule has 1 aromatic heterocycles. The summed E-state index contributed by atoms with van der Waals surface area (Å²) in [5, 5.41) is 0. The van der Waals surface area contributed by atoms with E-state index in [0.717, 1.165) is 11.8 Å². The first-order valence-electron chi connectivity index (χ1n) is 6.58. The second kappa shape index (κ2) is 6.93. The van der Waals surface area contributed by atoms with Crippen molar-refractivity contribution in [2.45, 2.75) is 13.5 Å². The van der Waals surface area contributed by atoms with Gasteiger partial charge in [0.05, 0.1) is 6.20 Å². The van der Waals surface area contributed by atoms with Crippen LogP contribution in [0.15, 0.2) is 35.5 Å². The molecule has 0 N–H and O–H groups in total. The minimum atomic E-state index is -0.629. The Kier molecular flexibility index (Phi) is 4.98. The molecule has 0 unspecified atom stereocenters. The lowest BCUT2D eigenvalue weighted by molar-refractivity contribution is 0.279. The number of benzene rings is 1. The predicted octanol–water partition coefficient (Wildman–Crippen LogP) is 2.95. The first kappa shape index (κ1) is 15.8. The van der Waals surface area contributed by atoms with E-state index in [2.05, 4.69) is 15.0 Å². The molecule has 0 saturated carbocycles. The van der Waals surface area contributed by atoms with E-state index < -0.39 is 5.82 Å². The molecule has 0 spiro atoms. The maximum Gasteiger partial charge on any atom is 0.318 e. The van der Waals surface area contributed by atoms with Gasteiger partial charge in [-0.3, -0.25) is 0 Å². The lowest BCUT2D eigenvalue weighted by Gasteiger charge is -2.11. The molecule has 116 valence electrons. The van der Waals surface area contributed by atoms with Crippen LogP contribution < -0.4 is 4.74 Å². The minimum Gasteiger partial charge on any atom is -0.459 e. The van der Waals surface area contributed by atoms with E-state index in [0.29, 0.717) is 5.84 Å². The monoisotopic (exact) mass is 306 g/mol. The standard InChI is InChI=1S/C15H16F2N4O/c1-10(21(2)3)19-14-13(17)8-18-15(20-14)22-9-11-4-6-12(16)7-5-11/h4-8H,9H2,1-3H3. The average Bonchev–Trinajstić information content (AvgIpc) is 2.49. The quantitative estimate of drug-likeness (QED) is 0.644. The summed E-state index contributed by atoms with van der Waals surface area (Å²) < 4.78 is 31.8. The van der Waals surface area contributed by atoms with E-state index in [1.54, 1.807) is 38.1 Å². The van der Waals surface area contributed by atoms with Crippen molar-refractivity contribution >= 4 is 11.7 Å². The van der Waals surface area contributed by atoms with E-state index in [4.69, 9.17) is 4.74 Å². The third kappa shape index (κ3) is 4.21. The Morgan fingerprint density at radius 1 is 1.23 bits per heavy atom. The van der Waals surface area contributed by atoms with Gasteiger partial charge in [-0.15, -0.1) is 0 Å². The van der Waals surface area contributed by atoms with E-state index in [-0.39, 0.29) is 24.3 Å². The molecule has 0 amide bonds. The number of hydrogen-bond donors (Lipinski definition) is 0. The van der Waals surface area contributed by atoms with Crippen LogP contribution in [0.1, 0.15) is 12.5 Å². The highest BCUT2D eigenvalue weighted by atomic mass is 19.1. The van der Waals surface area contributed by atoms with Gasteiger partial charge in [-0.2, -0.15) is 4.98 Å². The van der Waals surface area contributed by atoms with Crippen LogP contribution in [-0.2, 0) is 6.61 Å². The summed E-state index contributed by atoms with van der Waals surface area (Å²) in [6, 6.07) is 5.86. The first-order chi connectivity index (χ1) is 10.5. The molecule has 0 bridgehead atoms. The van der Waals surface area contributed by atoms with Crippen LogP contribution in [0.25, 0.3) is 0 Å². The van der Waals surface area contributed by atoms with Gasteiger partial charge < -0.3 is 9.64 Å². The highest BCUT2D eigenvalue weighted by Gasteiger charge is 2.08. The highest BCUT2D eigenvalue weighted by molar-refractivity contribution is 5.81. The Hall–Kier alpha value is -2.57. The molecule has 2 rings (SSSR count). The summed E-state index contributed by atoms with van der Waals surface area (Å²) in [5.74, 6) is -0.440. The third-order valence-corrected chi connectivity index (χ3v) is 2.90. The van der Waals surface area contributed by atoms with Crippen molar-refractivity contribution in [2.75, 3.05) is 14.1 Å². The van der Waals surface area contributed by atoms with Crippen LogP contribution in [0.2, 0.25) is 0 Å². The fraction of sp³-hybridized carbons (Fsp3) is 0.267. The molecular formula is C15H16F2N4O. The van der Waals surface area contributed by atoms with Gasteiger partial charge in [-0.1, -0.05) is 12.1 Å². The minimum absolute atomic E-state index is 0.0102. The van der Waals surface area contributed by atoms with Gasteiger partial charge in [-0.05, 0) is 24.6 Å². The summed E-state index contributed by atoms with van der Waals surface area (Å²) in [4.78, 5) is 13.5. The second-order valence-corrected chi connectivity index (χ2v) is 4.79. The lowest BCUT2D eigenvalue weighted by Crippen LogP contribution is -2.18. The number of aliphatic imine (C=N–C) groups is 1. The molecule has 5 nitrogen and oxygen atoms in total. The summed E-state index contributed by atoms with van der Waals surface area (Å²) in [6.45, 7) is 1.89. The Labute approximate surface area is 127 Å². The van der Waals surface area contributed by atoms with Crippen molar-refractivity contribution in [1.82, 2.24) is 14.9 Å². The number of hydrogen-bond acceptors (Lipinski definition) is 4. The zero-order valence-electron chi connectivity index (χ0n) is 12.5. The number of halogens is 2. The molecule has 22 heavy (non-hydrogen) atoms. The lowest BCUT2D eigenvalue weighted by atomic mass is 10.2. The SMILES string of the molecule is CC(=Nc1nc(OCc2ccc(F)cc2)ncc1F)N(C)C. The van der Waals surface area contributed by atoms with Gasteiger partial charge in [0.25, 0.3) is 0 Å². The van der Waals surface area contributed by atoms with E-state index in [9.17, 15) is 8.78 Å². The predicted molar refractivity (Wildman–Crippen MR) is 79.2 cm³/mol. The van der Waals surface area contributed by atoms with E-state index in [1.165, 1.54) is 12.1 Å². The molecule has 0 saturated heterocycles. The Morgan fingerprint density at radius 3 is 2.55 bits per heavy atom. The molecule has 0 aliphatic rings. The van der Waals surface area contributed by atoms with Gasteiger partial charge in [0.15, 0.2) is 11.6 Å². The van der Waals surface area contributed by atoms with Crippen molar-refractivity contribution < 1.29 is 13.5 Å². The first-order valence-corrected chi connectivity index (χ1v) is 6.58. The van der Waals surface area contributed by atoms with Crippen LogP contribution in [0.3, 0.4) is 0 Å². The molecule has 1 heterocycles. The highest BCUT2D eigenvalue weighted by Crippen LogP contribution is 2.18. The van der Waals surface area contributed by atoms with Gasteiger partial charge >= 0.3 is 6.01 Å². The molecule has 0 aliphatic carbocycles. The zero-order chi connectivity index (χ0) is 16.1. The topological polar surface area (TPSA) is 50.6 Å². The van der Waals surface area contributed by atoms with Gasteiger partial charge in [-0.25, -0.2) is 18.8 Å². The van der Waals surface area contributed by atoms with Crippen LogP contribution in [-0.4, -0.2) is 34.8 Å². The normalized spacial score (nSPS) is 11.4. The zero-order valence-corrected chi connectivity index (χ0v) is 12.5. The number of rotatable bonds is 4. The van der Waals surface area contributed by atoms with Crippen molar-refractivity contribution in [1.29, 1.82) is 0 Å². The molecule has 0 radical (unpaired) electrons. The smallest absolute Gasteiger partial charge is 0.318 e. The molecular weight excluding hydrogens is 290 g/mol. The van der Waals surface area contributed by atoms with E-state index in [1.807, 2.05) is 0 Å². The van der Waals surface area contributed by atoms with Crippen LogP contribution in [0.5, 0.6) is 6.01 Å². The van der Waals surface area contributed by atoms with Gasteiger partial charge in [0.1, 0.15) is 18.3 Å². The number of aromatic nitrogens is 2. The van der Waals surface area contributed by atoms with Gasteiger partial charge in [0.2, 0.25) is 0 Å². The largest absolute Gasteiger partial charge is 0.459 e. The van der Waals surface area contributed by atoms with Crippen molar-refractivity contribution in [3.63, 3.8) is 0 Å². The molecule has 0 atom stereocenters. The van der Waals surface area contributed by atoms with Crippen molar-refractivity contribution in [2.24, 2.45) is 4.99 Å². The third-order valence-electron chi connectivity index (χ3n) is 2.90. The molecule has 1 aromatic carbocycles. The van der Waals surface area contributed by atoms with Crippen molar-refractivity contribution in [3.05, 3.63) is 47.7 Å². The number of nitrogens with zero attached hydrogens (tertiary/aromatic N) is 4. The summed E-state index contributed by atoms with van der Waals surface area (Å²) in [6.07, 6.45) is 1.01. The Morgan fingerprint density at radius 2 is 1.91 bits per heavy atom. The van der Waals surface area contributed by atoms with E-state index >= 15 is 0 Å². The molecule has 2 aromatic rings. The van der Waals surface area contributed by atoms with Crippen LogP contribution in [0, 0.1) is 11.6 Å². The fourth-order valence-electron chi connectivity index (χ4n) is 1.47. The number of amidine groups is 1. The second-order valence-electron chi connectivity index (χ2n) is 4.79. The molecule has 0 aliphatic heterocycles. The van der Waals surface area contributed by atoms with Crippen molar-refractivity contribution in [3.8, 4) is 6.01 Å². The Bertz CT molecular complexity index is 672. The maximum atomic E-state index is 13.7. The number of ether oxygens (including phenoxy) is 1. The van der Waals surface area contributed by atoms with Gasteiger partial charge in [0, 0.05) is 14.1 Å². The Balaban J connectivity index is 2.12. The summed E-state index contributed by atoms with van der Waals surface area (Å²) >= 11 is 0. The van der Waals surface area contributed by atoms with Crippen LogP contribution >= 0.6 is 0 Å². The average molecular weight is 306 g/mol. The fourth-order valence-corrected chi connectivity index (χ4v) is 1.47. The summed E-state index contributed by atoms with van der Waals surface area (Å²) in [7, 11) is 3.59. The molecule has 7 heteroatoms. The maximum absolute atomic E-state index is 13.7. The molecule has 0 fully saturated rings.